The molecule has 0 amide bonds. The first-order chi connectivity index (χ1) is 4.55. The number of hydrogen-bond acceptors (Lipinski definition) is 1. The predicted octanol–water partition coefficient (Wildman–Crippen LogP) is 2.97. The summed E-state index contributed by atoms with van der Waals surface area (Å²) in [6.45, 7) is 8.66. The van der Waals surface area contributed by atoms with Crippen molar-refractivity contribution in [3.63, 3.8) is 0 Å². The van der Waals surface area contributed by atoms with Gasteiger partial charge in [0.15, 0.2) is 0 Å². The van der Waals surface area contributed by atoms with E-state index in [1.807, 2.05) is 0 Å². The second kappa shape index (κ2) is 2.46. The van der Waals surface area contributed by atoms with E-state index in [1.54, 1.807) is 0 Å². The Morgan fingerprint density at radius 3 is 1.30 bits per heavy atom. The molecule has 0 spiro atoms. The maximum absolute atomic E-state index is 4.49. The number of hydrogen-bond donors (Lipinski definition) is 1. The van der Waals surface area contributed by atoms with Gasteiger partial charge >= 0.3 is 0 Å². The van der Waals surface area contributed by atoms with Gasteiger partial charge in [-0.1, -0.05) is 11.1 Å². The molecule has 1 rings (SSSR count). The van der Waals surface area contributed by atoms with Gasteiger partial charge in [0.25, 0.3) is 0 Å². The van der Waals surface area contributed by atoms with Gasteiger partial charge in [-0.2, -0.15) is 12.6 Å². The lowest BCUT2D eigenvalue weighted by atomic mass is 10.1. The van der Waals surface area contributed by atoms with Crippen LogP contribution >= 0.6 is 12.6 Å². The molecule has 0 radical (unpaired) electrons. The summed E-state index contributed by atoms with van der Waals surface area (Å²) < 4.78 is 0. The molecule has 0 unspecified atom stereocenters. The van der Waals surface area contributed by atoms with Gasteiger partial charge in [-0.3, -0.25) is 0 Å². The van der Waals surface area contributed by atoms with Gasteiger partial charge in [0.05, 0.1) is 0 Å². The van der Waals surface area contributed by atoms with E-state index in [2.05, 4.69) is 40.3 Å². The van der Waals surface area contributed by atoms with Crippen LogP contribution in [0.15, 0.2) is 22.3 Å². The Kier molecular flexibility index (Phi) is 1.95. The van der Waals surface area contributed by atoms with Crippen molar-refractivity contribution in [1.29, 1.82) is 0 Å². The molecule has 0 aromatic heterocycles. The molecule has 0 saturated carbocycles. The van der Waals surface area contributed by atoms with E-state index in [-0.39, 0.29) is 0 Å². The molecule has 0 bridgehead atoms. The van der Waals surface area contributed by atoms with E-state index in [0.717, 1.165) is 0 Å². The second-order valence-corrected chi connectivity index (χ2v) is 3.53. The fourth-order valence-electron chi connectivity index (χ4n) is 1.33. The van der Waals surface area contributed by atoms with Crippen LogP contribution in [0.4, 0.5) is 0 Å². The molecule has 0 aromatic carbocycles. The van der Waals surface area contributed by atoms with E-state index in [1.165, 1.54) is 22.3 Å². The molecule has 1 aliphatic carbocycles. The quantitative estimate of drug-likeness (QED) is 0.509. The lowest BCUT2D eigenvalue weighted by Crippen LogP contribution is -1.96. The molecule has 1 aliphatic rings. The molecule has 0 N–H and O–H groups in total. The summed E-state index contributed by atoms with van der Waals surface area (Å²) in [5, 5.41) is 0.389. The van der Waals surface area contributed by atoms with Crippen molar-refractivity contribution in [2.45, 2.75) is 32.9 Å². The van der Waals surface area contributed by atoms with Crippen molar-refractivity contribution < 1.29 is 0 Å². The van der Waals surface area contributed by atoms with Gasteiger partial charge in [0.2, 0.25) is 0 Å². The zero-order chi connectivity index (χ0) is 7.89. The standard InChI is InChI=1S/C9H14S/c1-5-6(2)8(4)9(10)7(5)3/h9-10H,1-4H3. The minimum absolute atomic E-state index is 0.389. The van der Waals surface area contributed by atoms with Crippen molar-refractivity contribution in [1.82, 2.24) is 0 Å². The lowest BCUT2D eigenvalue weighted by molar-refractivity contribution is 1.16. The minimum atomic E-state index is 0.389. The molecule has 0 aromatic rings. The number of rotatable bonds is 0. The normalized spacial score (nSPS) is 21.3. The van der Waals surface area contributed by atoms with Gasteiger partial charge in [-0.05, 0) is 38.8 Å². The highest BCUT2D eigenvalue weighted by Gasteiger charge is 2.20. The molecule has 0 heterocycles. The summed E-state index contributed by atoms with van der Waals surface area (Å²) in [6, 6.07) is 0. The summed E-state index contributed by atoms with van der Waals surface area (Å²) >= 11 is 4.49. The van der Waals surface area contributed by atoms with Gasteiger partial charge in [-0.15, -0.1) is 0 Å². The molecule has 10 heavy (non-hydrogen) atoms. The molecular weight excluding hydrogens is 140 g/mol. The molecule has 0 atom stereocenters. The third-order valence-electron chi connectivity index (χ3n) is 2.57. The molecule has 1 heteroatoms. The number of thiol groups is 1. The topological polar surface area (TPSA) is 0 Å². The lowest BCUT2D eigenvalue weighted by Gasteiger charge is -2.04. The first-order valence-corrected chi connectivity index (χ1v) is 4.10. The van der Waals surface area contributed by atoms with Gasteiger partial charge < -0.3 is 0 Å². The van der Waals surface area contributed by atoms with Crippen molar-refractivity contribution in [3.8, 4) is 0 Å². The Morgan fingerprint density at radius 2 is 1.20 bits per heavy atom. The summed E-state index contributed by atoms with van der Waals surface area (Å²) in [6.07, 6.45) is 0. The number of allylic oxidation sites excluding steroid dienone is 2. The summed E-state index contributed by atoms with van der Waals surface area (Å²) in [5.74, 6) is 0. The second-order valence-electron chi connectivity index (χ2n) is 3.02. The van der Waals surface area contributed by atoms with Gasteiger partial charge in [-0.25, -0.2) is 0 Å². The molecule has 0 nitrogen and oxygen atoms in total. The summed E-state index contributed by atoms with van der Waals surface area (Å²) in [5.41, 5.74) is 5.69. The average Bonchev–Trinajstić information content (AvgIpc) is 2.07. The average molecular weight is 154 g/mol. The monoisotopic (exact) mass is 154 g/mol. The van der Waals surface area contributed by atoms with Crippen molar-refractivity contribution >= 4 is 12.6 Å². The molecule has 0 fully saturated rings. The van der Waals surface area contributed by atoms with Crippen molar-refractivity contribution in [2.24, 2.45) is 0 Å². The predicted molar refractivity (Wildman–Crippen MR) is 49.5 cm³/mol. The smallest absolute Gasteiger partial charge is 0.0442 e. The fraction of sp³-hybridized carbons (Fsp3) is 0.556. The van der Waals surface area contributed by atoms with Crippen molar-refractivity contribution in [3.05, 3.63) is 22.3 Å². The largest absolute Gasteiger partial charge is 0.167 e. The first kappa shape index (κ1) is 7.93. The fourth-order valence-corrected chi connectivity index (χ4v) is 1.71. The van der Waals surface area contributed by atoms with E-state index in [9.17, 15) is 0 Å². The zero-order valence-electron chi connectivity index (χ0n) is 7.02. The Labute approximate surface area is 68.4 Å². The van der Waals surface area contributed by atoms with Crippen LogP contribution in [-0.4, -0.2) is 5.25 Å². The summed E-state index contributed by atoms with van der Waals surface area (Å²) in [7, 11) is 0. The molecule has 56 valence electrons. The van der Waals surface area contributed by atoms with Crippen molar-refractivity contribution in [2.75, 3.05) is 0 Å². The zero-order valence-corrected chi connectivity index (χ0v) is 7.92. The van der Waals surface area contributed by atoms with E-state index in [4.69, 9.17) is 0 Å². The first-order valence-electron chi connectivity index (χ1n) is 3.59. The highest BCUT2D eigenvalue weighted by Crippen LogP contribution is 2.34. The molecule has 0 saturated heterocycles. The van der Waals surface area contributed by atoms with Crippen LogP contribution in [0, 0.1) is 0 Å². The molecular formula is C9H14S. The van der Waals surface area contributed by atoms with Crippen LogP contribution in [-0.2, 0) is 0 Å². The summed E-state index contributed by atoms with van der Waals surface area (Å²) in [4.78, 5) is 0. The van der Waals surface area contributed by atoms with Crippen LogP contribution in [0.1, 0.15) is 27.7 Å². The van der Waals surface area contributed by atoms with Crippen LogP contribution in [0.2, 0.25) is 0 Å². The van der Waals surface area contributed by atoms with E-state index in [0.29, 0.717) is 5.25 Å². The Morgan fingerprint density at radius 1 is 0.900 bits per heavy atom. The third kappa shape index (κ3) is 0.929. The van der Waals surface area contributed by atoms with Gasteiger partial charge in [0, 0.05) is 5.25 Å². The Balaban J connectivity index is 3.09. The van der Waals surface area contributed by atoms with Crippen LogP contribution in [0.25, 0.3) is 0 Å². The van der Waals surface area contributed by atoms with E-state index >= 15 is 0 Å². The highest BCUT2D eigenvalue weighted by atomic mass is 32.1. The maximum atomic E-state index is 4.49. The maximum Gasteiger partial charge on any atom is 0.0442 e. The Bertz CT molecular complexity index is 197. The van der Waals surface area contributed by atoms with Crippen LogP contribution in [0.5, 0.6) is 0 Å². The Hall–Kier alpha value is -0.170. The minimum Gasteiger partial charge on any atom is -0.167 e. The van der Waals surface area contributed by atoms with E-state index < -0.39 is 0 Å². The third-order valence-corrected chi connectivity index (χ3v) is 3.34. The highest BCUT2D eigenvalue weighted by molar-refractivity contribution is 7.81. The van der Waals surface area contributed by atoms with Crippen LogP contribution in [0.3, 0.4) is 0 Å². The SMILES string of the molecule is CC1=C(C)C(S)C(C)=C1C. The molecule has 0 aliphatic heterocycles. The van der Waals surface area contributed by atoms with Crippen LogP contribution < -0.4 is 0 Å². The van der Waals surface area contributed by atoms with Gasteiger partial charge in [0.1, 0.15) is 0 Å².